The summed E-state index contributed by atoms with van der Waals surface area (Å²) in [5.41, 5.74) is 2.68. The van der Waals surface area contributed by atoms with Gasteiger partial charge in [0.05, 0.1) is 6.54 Å². The Bertz CT molecular complexity index is 688. The number of cyclic esters (lactones) is 1. The second kappa shape index (κ2) is 6.78. The average Bonchev–Trinajstić information content (AvgIpc) is 3.00. The van der Waals surface area contributed by atoms with Crippen LogP contribution in [0.5, 0.6) is 0 Å². The maximum atomic E-state index is 12.1. The fraction of sp³-hybridized carbons (Fsp3) is 0.474. The van der Waals surface area contributed by atoms with Gasteiger partial charge in [-0.2, -0.15) is 0 Å². The molecule has 0 saturated carbocycles. The first kappa shape index (κ1) is 17.3. The summed E-state index contributed by atoms with van der Waals surface area (Å²) in [6.07, 6.45) is 2.28. The Kier molecular flexibility index (Phi) is 4.70. The summed E-state index contributed by atoms with van der Waals surface area (Å²) in [6.45, 7) is 7.82. The van der Waals surface area contributed by atoms with Gasteiger partial charge in [-0.3, -0.25) is 4.90 Å². The standard InChI is InChI=1S/C19H24N2O4/c1-19(2,3)25-17(22)20-10-8-15(9-11-20)14-4-6-16(7-5-14)21-12-13-24-18(21)23/h4-8H,9-13H2,1-3H3. The van der Waals surface area contributed by atoms with Gasteiger partial charge in [-0.05, 0) is 50.5 Å². The quantitative estimate of drug-likeness (QED) is 0.821. The Balaban J connectivity index is 1.63. The van der Waals surface area contributed by atoms with Crippen LogP contribution in [0.1, 0.15) is 32.8 Å². The Morgan fingerprint density at radius 2 is 1.88 bits per heavy atom. The second-order valence-electron chi connectivity index (χ2n) is 7.22. The van der Waals surface area contributed by atoms with Gasteiger partial charge in [0.15, 0.2) is 0 Å². The van der Waals surface area contributed by atoms with Crippen molar-refractivity contribution >= 4 is 23.4 Å². The highest BCUT2D eigenvalue weighted by Gasteiger charge is 2.25. The third kappa shape index (κ3) is 4.13. The highest BCUT2D eigenvalue weighted by molar-refractivity contribution is 5.89. The average molecular weight is 344 g/mol. The molecular weight excluding hydrogens is 320 g/mol. The van der Waals surface area contributed by atoms with E-state index in [2.05, 4.69) is 6.08 Å². The van der Waals surface area contributed by atoms with Crippen molar-refractivity contribution in [1.82, 2.24) is 4.90 Å². The van der Waals surface area contributed by atoms with Crippen LogP contribution in [0, 0.1) is 0 Å². The van der Waals surface area contributed by atoms with Crippen LogP contribution in [0.15, 0.2) is 30.3 Å². The molecule has 3 rings (SSSR count). The molecule has 6 heteroatoms. The molecule has 2 amide bonds. The minimum atomic E-state index is -0.479. The smallest absolute Gasteiger partial charge is 0.414 e. The predicted molar refractivity (Wildman–Crippen MR) is 95.5 cm³/mol. The first-order valence-corrected chi connectivity index (χ1v) is 8.55. The molecule has 0 N–H and O–H groups in total. The summed E-state index contributed by atoms with van der Waals surface area (Å²) in [5.74, 6) is 0. The summed E-state index contributed by atoms with van der Waals surface area (Å²) >= 11 is 0. The normalized spacial score (nSPS) is 18.0. The van der Waals surface area contributed by atoms with Crippen molar-refractivity contribution < 1.29 is 19.1 Å². The van der Waals surface area contributed by atoms with Gasteiger partial charge in [0, 0.05) is 18.8 Å². The van der Waals surface area contributed by atoms with E-state index in [0.29, 0.717) is 26.2 Å². The van der Waals surface area contributed by atoms with E-state index in [-0.39, 0.29) is 12.2 Å². The Morgan fingerprint density at radius 3 is 2.40 bits per heavy atom. The van der Waals surface area contributed by atoms with E-state index < -0.39 is 5.60 Å². The maximum absolute atomic E-state index is 12.1. The van der Waals surface area contributed by atoms with E-state index >= 15 is 0 Å². The van der Waals surface area contributed by atoms with E-state index in [1.165, 1.54) is 5.57 Å². The third-order valence-corrected chi connectivity index (χ3v) is 4.17. The zero-order valence-electron chi connectivity index (χ0n) is 14.9. The number of rotatable bonds is 2. The zero-order valence-corrected chi connectivity index (χ0v) is 14.9. The van der Waals surface area contributed by atoms with Crippen molar-refractivity contribution in [3.8, 4) is 0 Å². The maximum Gasteiger partial charge on any atom is 0.414 e. The number of carbonyl (C=O) groups is 2. The van der Waals surface area contributed by atoms with Crippen LogP contribution in [0.3, 0.4) is 0 Å². The molecule has 0 atom stereocenters. The van der Waals surface area contributed by atoms with Crippen LogP contribution in [0.2, 0.25) is 0 Å². The van der Waals surface area contributed by atoms with Gasteiger partial charge in [-0.25, -0.2) is 9.59 Å². The molecule has 0 spiro atoms. The molecule has 2 aliphatic rings. The Hall–Kier alpha value is -2.50. The molecule has 1 fully saturated rings. The molecule has 0 radical (unpaired) electrons. The number of nitrogens with zero attached hydrogens (tertiary/aromatic N) is 2. The summed E-state index contributed by atoms with van der Waals surface area (Å²) in [6, 6.07) is 7.89. The van der Waals surface area contributed by atoms with Crippen LogP contribution in [-0.4, -0.2) is 48.9 Å². The Labute approximate surface area is 148 Å². The molecule has 0 aromatic heterocycles. The van der Waals surface area contributed by atoms with Crippen molar-refractivity contribution in [2.75, 3.05) is 31.1 Å². The molecule has 1 aromatic rings. The van der Waals surface area contributed by atoms with Gasteiger partial charge in [0.2, 0.25) is 0 Å². The van der Waals surface area contributed by atoms with E-state index in [1.807, 2.05) is 45.0 Å². The zero-order chi connectivity index (χ0) is 18.0. The summed E-state index contributed by atoms with van der Waals surface area (Å²) in [7, 11) is 0. The van der Waals surface area contributed by atoms with Crippen molar-refractivity contribution in [1.29, 1.82) is 0 Å². The molecule has 0 bridgehead atoms. The molecular formula is C19H24N2O4. The monoisotopic (exact) mass is 344 g/mol. The number of carbonyl (C=O) groups excluding carboxylic acids is 2. The fourth-order valence-corrected chi connectivity index (χ4v) is 2.91. The molecule has 25 heavy (non-hydrogen) atoms. The number of benzene rings is 1. The highest BCUT2D eigenvalue weighted by atomic mass is 16.6. The van der Waals surface area contributed by atoms with Gasteiger partial charge in [-0.15, -0.1) is 0 Å². The minimum Gasteiger partial charge on any atom is -0.447 e. The van der Waals surface area contributed by atoms with E-state index in [9.17, 15) is 9.59 Å². The summed E-state index contributed by atoms with van der Waals surface area (Å²) in [5, 5.41) is 0. The lowest BCUT2D eigenvalue weighted by molar-refractivity contribution is 0.0270. The SMILES string of the molecule is CC(C)(C)OC(=O)N1CC=C(c2ccc(N3CCOC3=O)cc2)CC1. The lowest BCUT2D eigenvalue weighted by atomic mass is 9.99. The van der Waals surface area contributed by atoms with E-state index in [1.54, 1.807) is 9.80 Å². The molecule has 2 aliphatic heterocycles. The van der Waals surface area contributed by atoms with Crippen molar-refractivity contribution in [2.45, 2.75) is 32.8 Å². The molecule has 1 saturated heterocycles. The first-order valence-electron chi connectivity index (χ1n) is 8.55. The van der Waals surface area contributed by atoms with Crippen LogP contribution < -0.4 is 4.90 Å². The van der Waals surface area contributed by atoms with Gasteiger partial charge in [0.1, 0.15) is 12.2 Å². The summed E-state index contributed by atoms with van der Waals surface area (Å²) in [4.78, 5) is 27.0. The third-order valence-electron chi connectivity index (χ3n) is 4.17. The number of hydrogen-bond acceptors (Lipinski definition) is 4. The highest BCUT2D eigenvalue weighted by Crippen LogP contribution is 2.26. The Morgan fingerprint density at radius 1 is 1.16 bits per heavy atom. The molecule has 6 nitrogen and oxygen atoms in total. The summed E-state index contributed by atoms with van der Waals surface area (Å²) < 4.78 is 10.4. The van der Waals surface area contributed by atoms with Crippen LogP contribution in [0.4, 0.5) is 15.3 Å². The molecule has 0 aliphatic carbocycles. The molecule has 134 valence electrons. The topological polar surface area (TPSA) is 59.1 Å². The van der Waals surface area contributed by atoms with Crippen molar-refractivity contribution in [3.63, 3.8) is 0 Å². The largest absolute Gasteiger partial charge is 0.447 e. The van der Waals surface area contributed by atoms with Crippen molar-refractivity contribution in [3.05, 3.63) is 35.9 Å². The van der Waals surface area contributed by atoms with Gasteiger partial charge in [0.25, 0.3) is 0 Å². The van der Waals surface area contributed by atoms with Crippen LogP contribution in [0.25, 0.3) is 5.57 Å². The second-order valence-corrected chi connectivity index (χ2v) is 7.22. The molecule has 2 heterocycles. The van der Waals surface area contributed by atoms with Gasteiger partial charge in [-0.1, -0.05) is 18.2 Å². The molecule has 1 aromatic carbocycles. The number of amides is 2. The van der Waals surface area contributed by atoms with Gasteiger partial charge >= 0.3 is 12.2 Å². The van der Waals surface area contributed by atoms with Crippen LogP contribution >= 0.6 is 0 Å². The molecule has 0 unspecified atom stereocenters. The lowest BCUT2D eigenvalue weighted by Gasteiger charge is -2.29. The fourth-order valence-electron chi connectivity index (χ4n) is 2.91. The minimum absolute atomic E-state index is 0.273. The van der Waals surface area contributed by atoms with E-state index in [0.717, 1.165) is 17.7 Å². The predicted octanol–water partition coefficient (Wildman–Crippen LogP) is 3.67. The number of ether oxygens (including phenoxy) is 2. The van der Waals surface area contributed by atoms with Gasteiger partial charge < -0.3 is 14.4 Å². The number of anilines is 1. The lowest BCUT2D eigenvalue weighted by Crippen LogP contribution is -2.39. The first-order chi connectivity index (χ1) is 11.8. The van der Waals surface area contributed by atoms with Crippen molar-refractivity contribution in [2.24, 2.45) is 0 Å². The van der Waals surface area contributed by atoms with Crippen LogP contribution in [-0.2, 0) is 9.47 Å². The van der Waals surface area contributed by atoms with E-state index in [4.69, 9.17) is 9.47 Å². The number of hydrogen-bond donors (Lipinski definition) is 0.